The number of ether oxygens (including phenoxy) is 2. The highest BCUT2D eigenvalue weighted by molar-refractivity contribution is 5.95. The number of aldehydes is 1. The minimum Gasteiger partial charge on any atom is -0.454 e. The molecule has 1 aromatic rings. The third-order valence-corrected chi connectivity index (χ3v) is 6.30. The van der Waals surface area contributed by atoms with Crippen LogP contribution in [0, 0.1) is 5.41 Å². The summed E-state index contributed by atoms with van der Waals surface area (Å²) in [6, 6.07) is 5.37. The second-order valence-electron chi connectivity index (χ2n) is 8.76. The Morgan fingerprint density at radius 2 is 1.81 bits per heavy atom. The number of benzene rings is 1. The van der Waals surface area contributed by atoms with E-state index in [0.29, 0.717) is 30.2 Å². The Balaban J connectivity index is 1.50. The van der Waals surface area contributed by atoms with Crippen molar-refractivity contribution in [3.05, 3.63) is 23.8 Å². The highest BCUT2D eigenvalue weighted by atomic mass is 16.7. The van der Waals surface area contributed by atoms with Gasteiger partial charge in [0.1, 0.15) is 6.29 Å². The molecule has 8 heteroatoms. The fraction of sp³-hybridized carbons (Fsp3) is 0.625. The van der Waals surface area contributed by atoms with Gasteiger partial charge < -0.3 is 29.8 Å². The van der Waals surface area contributed by atoms with Crippen molar-refractivity contribution in [1.29, 1.82) is 5.41 Å². The van der Waals surface area contributed by atoms with Crippen molar-refractivity contribution in [1.82, 2.24) is 15.5 Å². The van der Waals surface area contributed by atoms with E-state index in [1.807, 2.05) is 4.90 Å². The third kappa shape index (κ3) is 5.93. The predicted octanol–water partition coefficient (Wildman–Crippen LogP) is 3.45. The molecule has 2 heterocycles. The van der Waals surface area contributed by atoms with Crippen LogP contribution >= 0.6 is 0 Å². The summed E-state index contributed by atoms with van der Waals surface area (Å²) in [6.45, 7) is 5.63. The Morgan fingerprint density at radius 1 is 1.16 bits per heavy atom. The first-order valence-electron chi connectivity index (χ1n) is 11.8. The summed E-state index contributed by atoms with van der Waals surface area (Å²) in [5.41, 5.74) is -0.0794. The number of amides is 1. The Morgan fingerprint density at radius 3 is 2.44 bits per heavy atom. The van der Waals surface area contributed by atoms with Crippen molar-refractivity contribution in [3.8, 4) is 11.5 Å². The zero-order valence-electron chi connectivity index (χ0n) is 19.2. The number of rotatable bonds is 10. The van der Waals surface area contributed by atoms with Crippen LogP contribution in [0.1, 0.15) is 75.6 Å². The van der Waals surface area contributed by atoms with Gasteiger partial charge in [0.25, 0.3) is 5.91 Å². The molecule has 3 N–H and O–H groups in total. The van der Waals surface area contributed by atoms with Crippen LogP contribution in [0.15, 0.2) is 18.2 Å². The molecule has 0 unspecified atom stereocenters. The van der Waals surface area contributed by atoms with Crippen molar-refractivity contribution in [2.75, 3.05) is 19.9 Å². The van der Waals surface area contributed by atoms with Crippen LogP contribution in [0.2, 0.25) is 0 Å². The molecule has 1 saturated heterocycles. The molecular weight excluding hydrogens is 408 g/mol. The van der Waals surface area contributed by atoms with E-state index in [1.54, 1.807) is 18.2 Å². The molecule has 2 aliphatic rings. The van der Waals surface area contributed by atoms with Gasteiger partial charge in [-0.3, -0.25) is 10.2 Å². The second-order valence-corrected chi connectivity index (χ2v) is 8.76. The summed E-state index contributed by atoms with van der Waals surface area (Å²) in [5, 5.41) is 14.8. The average Bonchev–Trinajstić information content (AvgIpc) is 3.29. The molecule has 0 spiro atoms. The molecule has 1 fully saturated rings. The summed E-state index contributed by atoms with van der Waals surface area (Å²) < 4.78 is 10.7. The lowest BCUT2D eigenvalue weighted by Crippen LogP contribution is -2.57. The molecule has 2 aliphatic heterocycles. The predicted molar refractivity (Wildman–Crippen MR) is 123 cm³/mol. The molecule has 0 saturated carbocycles. The van der Waals surface area contributed by atoms with Crippen LogP contribution in [-0.4, -0.2) is 54.5 Å². The van der Waals surface area contributed by atoms with Crippen LogP contribution in [0.25, 0.3) is 0 Å². The number of carbonyl (C=O) groups is 2. The lowest BCUT2D eigenvalue weighted by Gasteiger charge is -2.35. The second kappa shape index (κ2) is 11.2. The lowest BCUT2D eigenvalue weighted by atomic mass is 9.88. The van der Waals surface area contributed by atoms with Crippen LogP contribution in [0.3, 0.4) is 0 Å². The quantitative estimate of drug-likeness (QED) is 0.290. The van der Waals surface area contributed by atoms with E-state index in [0.717, 1.165) is 57.7 Å². The summed E-state index contributed by atoms with van der Waals surface area (Å²) in [6.07, 6.45) is 7.88. The molecule has 0 aromatic heterocycles. The van der Waals surface area contributed by atoms with Crippen LogP contribution in [0.4, 0.5) is 0 Å². The van der Waals surface area contributed by atoms with E-state index in [4.69, 9.17) is 14.9 Å². The highest BCUT2D eigenvalue weighted by Crippen LogP contribution is 2.33. The zero-order valence-corrected chi connectivity index (χ0v) is 19.2. The van der Waals surface area contributed by atoms with Gasteiger partial charge in [0, 0.05) is 24.7 Å². The van der Waals surface area contributed by atoms with Crippen LogP contribution in [-0.2, 0) is 4.79 Å². The van der Waals surface area contributed by atoms with Crippen LogP contribution in [0.5, 0.6) is 11.5 Å². The fourth-order valence-electron chi connectivity index (χ4n) is 4.31. The smallest absolute Gasteiger partial charge is 0.253 e. The molecule has 176 valence electrons. The number of nitrogens with zero attached hydrogens (tertiary/aromatic N) is 1. The van der Waals surface area contributed by atoms with Gasteiger partial charge in [-0.15, -0.1) is 0 Å². The summed E-state index contributed by atoms with van der Waals surface area (Å²) in [4.78, 5) is 26.7. The molecule has 0 atom stereocenters. The number of nitrogens with one attached hydrogen (secondary N) is 3. The molecule has 0 bridgehead atoms. The van der Waals surface area contributed by atoms with Gasteiger partial charge in [0.15, 0.2) is 17.5 Å². The number of carbonyl (C=O) groups excluding carboxylic acids is 2. The number of unbranched alkanes of at least 4 members (excludes halogenated alkanes) is 2. The largest absolute Gasteiger partial charge is 0.454 e. The maximum absolute atomic E-state index is 12.9. The zero-order chi connectivity index (χ0) is 23.0. The van der Waals surface area contributed by atoms with E-state index in [9.17, 15) is 9.59 Å². The number of hydrogen-bond acceptors (Lipinski definition) is 5. The van der Waals surface area contributed by atoms with Crippen molar-refractivity contribution in [3.63, 3.8) is 0 Å². The van der Waals surface area contributed by atoms with Gasteiger partial charge in [0.05, 0.1) is 5.54 Å². The molecular formula is C24H36N4O4. The number of piperidine rings is 1. The molecule has 3 rings (SSSR count). The van der Waals surface area contributed by atoms with Crippen molar-refractivity contribution in [2.24, 2.45) is 0 Å². The fourth-order valence-corrected chi connectivity index (χ4v) is 4.31. The number of guanidine groups is 1. The number of hydrogen-bond donors (Lipinski definition) is 3. The van der Waals surface area contributed by atoms with Gasteiger partial charge in [-0.2, -0.15) is 0 Å². The molecule has 32 heavy (non-hydrogen) atoms. The molecule has 8 nitrogen and oxygen atoms in total. The van der Waals surface area contributed by atoms with Gasteiger partial charge in [-0.1, -0.05) is 39.5 Å². The van der Waals surface area contributed by atoms with E-state index in [1.165, 1.54) is 0 Å². The standard InChI is InChI=1S/C24H36N4O4/c1-3-5-11-24(16-29,12-6-4-2)27-23(25)26-19-9-13-28(14-10-19)22(30)18-7-8-20-21(15-18)32-17-31-20/h7-8,15-16,19H,3-6,9-14,17H2,1-2H3,(H3,25,26,27). The average molecular weight is 445 g/mol. The number of fused-ring (bicyclic) bond motifs is 1. The molecule has 1 amide bonds. The molecule has 1 aromatic carbocycles. The molecule has 0 radical (unpaired) electrons. The first-order valence-corrected chi connectivity index (χ1v) is 11.8. The van der Waals surface area contributed by atoms with Crippen molar-refractivity contribution < 1.29 is 19.1 Å². The summed E-state index contributed by atoms with van der Waals surface area (Å²) in [5.74, 6) is 1.45. The first-order chi connectivity index (χ1) is 15.5. The Labute approximate surface area is 190 Å². The molecule has 0 aliphatic carbocycles. The topological polar surface area (TPSA) is 104 Å². The van der Waals surface area contributed by atoms with E-state index in [2.05, 4.69) is 24.5 Å². The van der Waals surface area contributed by atoms with Gasteiger partial charge in [-0.25, -0.2) is 0 Å². The maximum Gasteiger partial charge on any atom is 0.253 e. The number of likely N-dealkylation sites (tertiary alicyclic amines) is 1. The third-order valence-electron chi connectivity index (χ3n) is 6.30. The summed E-state index contributed by atoms with van der Waals surface area (Å²) >= 11 is 0. The lowest BCUT2D eigenvalue weighted by molar-refractivity contribution is -0.113. The maximum atomic E-state index is 12.9. The first kappa shape index (κ1) is 23.9. The Bertz CT molecular complexity index is 797. The monoisotopic (exact) mass is 444 g/mol. The summed E-state index contributed by atoms with van der Waals surface area (Å²) in [7, 11) is 0. The SMILES string of the molecule is CCCCC(C=O)(CCCC)NC(=N)NC1CCN(C(=O)c2ccc3c(c2)OCO3)CC1. The van der Waals surface area contributed by atoms with Gasteiger partial charge >= 0.3 is 0 Å². The highest BCUT2D eigenvalue weighted by Gasteiger charge is 2.31. The normalized spacial score (nSPS) is 16.0. The van der Waals surface area contributed by atoms with E-state index in [-0.39, 0.29) is 24.7 Å². The minimum atomic E-state index is -0.674. The Kier molecular flexibility index (Phi) is 8.36. The van der Waals surface area contributed by atoms with Crippen molar-refractivity contribution in [2.45, 2.75) is 76.8 Å². The van der Waals surface area contributed by atoms with Crippen LogP contribution < -0.4 is 20.1 Å². The van der Waals surface area contributed by atoms with Gasteiger partial charge in [-0.05, 0) is 43.9 Å². The Hall–Kier alpha value is -2.77. The van der Waals surface area contributed by atoms with E-state index < -0.39 is 5.54 Å². The minimum absolute atomic E-state index is 0.0194. The van der Waals surface area contributed by atoms with Crippen molar-refractivity contribution >= 4 is 18.2 Å². The van der Waals surface area contributed by atoms with Gasteiger partial charge in [0.2, 0.25) is 6.79 Å². The van der Waals surface area contributed by atoms with E-state index >= 15 is 0 Å².